The number of carbonyl (C=O) groups excluding carboxylic acids is 1. The lowest BCUT2D eigenvalue weighted by atomic mass is 10.1. The van der Waals surface area contributed by atoms with Crippen LogP contribution >= 0.6 is 0 Å². The summed E-state index contributed by atoms with van der Waals surface area (Å²) < 4.78 is 16.1. The molecule has 3 aromatic rings. The van der Waals surface area contributed by atoms with E-state index in [9.17, 15) is 4.79 Å². The van der Waals surface area contributed by atoms with Gasteiger partial charge in [0.15, 0.2) is 11.5 Å². The Kier molecular flexibility index (Phi) is 7.77. The summed E-state index contributed by atoms with van der Waals surface area (Å²) in [7, 11) is 4.66. The van der Waals surface area contributed by atoms with Crippen molar-refractivity contribution in [1.29, 1.82) is 0 Å². The highest BCUT2D eigenvalue weighted by Gasteiger charge is 2.12. The van der Waals surface area contributed by atoms with Crippen molar-refractivity contribution in [2.75, 3.05) is 44.6 Å². The summed E-state index contributed by atoms with van der Waals surface area (Å²) >= 11 is 0. The minimum Gasteiger partial charge on any atom is -0.493 e. The Balaban J connectivity index is 1.80. The topological polar surface area (TPSA) is 72.9 Å². The van der Waals surface area contributed by atoms with Gasteiger partial charge in [-0.2, -0.15) is 0 Å². The minimum absolute atomic E-state index is 0.242. The van der Waals surface area contributed by atoms with Crippen LogP contribution in [0.2, 0.25) is 0 Å². The first-order valence-corrected chi connectivity index (χ1v) is 10.9. The Morgan fingerprint density at radius 1 is 1.00 bits per heavy atom. The zero-order valence-corrected chi connectivity index (χ0v) is 20.1. The van der Waals surface area contributed by atoms with Gasteiger partial charge in [-0.3, -0.25) is 4.79 Å². The fraction of sp³-hybridized carbons (Fsp3) is 0.308. The van der Waals surface area contributed by atoms with E-state index in [0.29, 0.717) is 22.9 Å². The number of aryl methyl sites for hydroxylation is 1. The SMILES string of the molecule is CCN(CC)c1cc(C)c2cc(NC(=O)/C=C/c3cc(OC)c(OC)c(OC)c3)ccc2n1. The number of carbonyl (C=O) groups is 1. The molecule has 2 aromatic carbocycles. The third-order valence-electron chi connectivity index (χ3n) is 5.47. The Labute approximate surface area is 195 Å². The highest BCUT2D eigenvalue weighted by atomic mass is 16.5. The summed E-state index contributed by atoms with van der Waals surface area (Å²) in [4.78, 5) is 19.6. The first-order valence-electron chi connectivity index (χ1n) is 10.9. The molecule has 0 radical (unpaired) electrons. The zero-order chi connectivity index (χ0) is 24.0. The Morgan fingerprint density at radius 3 is 2.24 bits per heavy atom. The summed E-state index contributed by atoms with van der Waals surface area (Å²) in [6.07, 6.45) is 3.17. The quantitative estimate of drug-likeness (QED) is 0.460. The van der Waals surface area contributed by atoms with Crippen LogP contribution in [0.25, 0.3) is 17.0 Å². The van der Waals surface area contributed by atoms with E-state index in [1.165, 1.54) is 6.08 Å². The molecule has 0 aliphatic heterocycles. The van der Waals surface area contributed by atoms with E-state index in [2.05, 4.69) is 37.1 Å². The van der Waals surface area contributed by atoms with Gasteiger partial charge in [-0.25, -0.2) is 4.98 Å². The van der Waals surface area contributed by atoms with Gasteiger partial charge < -0.3 is 24.4 Å². The number of methoxy groups -OCH3 is 3. The fourth-order valence-corrected chi connectivity index (χ4v) is 3.72. The molecule has 0 saturated heterocycles. The number of anilines is 2. The van der Waals surface area contributed by atoms with E-state index in [0.717, 1.165) is 40.9 Å². The lowest BCUT2D eigenvalue weighted by Crippen LogP contribution is -2.23. The number of aromatic nitrogens is 1. The normalized spacial score (nSPS) is 11.0. The van der Waals surface area contributed by atoms with E-state index in [-0.39, 0.29) is 5.91 Å². The van der Waals surface area contributed by atoms with Crippen molar-refractivity contribution >= 4 is 34.4 Å². The van der Waals surface area contributed by atoms with Gasteiger partial charge in [0.25, 0.3) is 0 Å². The Morgan fingerprint density at radius 2 is 1.67 bits per heavy atom. The van der Waals surface area contributed by atoms with E-state index < -0.39 is 0 Å². The highest BCUT2D eigenvalue weighted by molar-refractivity contribution is 6.03. The van der Waals surface area contributed by atoms with Gasteiger partial charge in [-0.05, 0) is 74.4 Å². The van der Waals surface area contributed by atoms with Gasteiger partial charge >= 0.3 is 0 Å². The second-order valence-corrected chi connectivity index (χ2v) is 7.48. The molecule has 0 aliphatic rings. The molecule has 1 heterocycles. The molecule has 1 aromatic heterocycles. The number of amides is 1. The molecule has 0 atom stereocenters. The maximum absolute atomic E-state index is 12.6. The first kappa shape index (κ1) is 23.9. The molecular weight excluding hydrogens is 418 g/mol. The number of pyridine rings is 1. The van der Waals surface area contributed by atoms with Crippen LogP contribution in [0, 0.1) is 6.92 Å². The number of nitrogens with one attached hydrogen (secondary N) is 1. The van der Waals surface area contributed by atoms with Gasteiger partial charge in [0.2, 0.25) is 11.7 Å². The van der Waals surface area contributed by atoms with E-state index >= 15 is 0 Å². The van der Waals surface area contributed by atoms with Crippen molar-refractivity contribution in [3.8, 4) is 17.2 Å². The van der Waals surface area contributed by atoms with Crippen LogP contribution in [0.5, 0.6) is 17.2 Å². The van der Waals surface area contributed by atoms with Crippen LogP contribution in [0.3, 0.4) is 0 Å². The van der Waals surface area contributed by atoms with Crippen LogP contribution in [-0.4, -0.2) is 45.3 Å². The highest BCUT2D eigenvalue weighted by Crippen LogP contribution is 2.38. The minimum atomic E-state index is -0.242. The predicted molar refractivity (Wildman–Crippen MR) is 134 cm³/mol. The van der Waals surface area contributed by atoms with Crippen LogP contribution in [0.15, 0.2) is 42.5 Å². The van der Waals surface area contributed by atoms with E-state index in [1.807, 2.05) is 18.2 Å². The number of hydrogen-bond acceptors (Lipinski definition) is 6. The largest absolute Gasteiger partial charge is 0.493 e. The standard InChI is InChI=1S/C26H31N3O4/c1-7-29(8-2)24-13-17(3)20-16-19(10-11-21(20)28-24)27-25(30)12-9-18-14-22(31-4)26(33-6)23(15-18)32-5/h9-16H,7-8H2,1-6H3,(H,27,30)/b12-9+. The second-order valence-electron chi connectivity index (χ2n) is 7.48. The number of hydrogen-bond donors (Lipinski definition) is 1. The molecule has 0 aliphatic carbocycles. The maximum atomic E-state index is 12.6. The number of rotatable bonds is 9. The van der Waals surface area contributed by atoms with Crippen molar-refractivity contribution in [2.45, 2.75) is 20.8 Å². The van der Waals surface area contributed by atoms with Crippen molar-refractivity contribution < 1.29 is 19.0 Å². The third-order valence-corrected chi connectivity index (χ3v) is 5.47. The lowest BCUT2D eigenvalue weighted by Gasteiger charge is -2.21. The van der Waals surface area contributed by atoms with Crippen LogP contribution in [0.1, 0.15) is 25.0 Å². The molecule has 1 amide bonds. The molecule has 174 valence electrons. The summed E-state index contributed by atoms with van der Waals surface area (Å²) in [6, 6.07) is 11.4. The van der Waals surface area contributed by atoms with Gasteiger partial charge in [0.05, 0.1) is 26.8 Å². The van der Waals surface area contributed by atoms with Crippen molar-refractivity contribution in [2.24, 2.45) is 0 Å². The monoisotopic (exact) mass is 449 g/mol. The molecule has 0 bridgehead atoms. The summed E-state index contributed by atoms with van der Waals surface area (Å²) in [6.45, 7) is 8.11. The Hall–Kier alpha value is -3.74. The Bertz CT molecular complexity index is 1140. The molecule has 0 spiro atoms. The van der Waals surface area contributed by atoms with Gasteiger partial charge in [0.1, 0.15) is 5.82 Å². The molecule has 7 heteroatoms. The molecule has 3 rings (SSSR count). The average Bonchev–Trinajstić information content (AvgIpc) is 2.83. The molecule has 0 unspecified atom stereocenters. The zero-order valence-electron chi connectivity index (χ0n) is 20.1. The number of nitrogens with zero attached hydrogens (tertiary/aromatic N) is 2. The maximum Gasteiger partial charge on any atom is 0.248 e. The van der Waals surface area contributed by atoms with Crippen LogP contribution in [-0.2, 0) is 4.79 Å². The van der Waals surface area contributed by atoms with Crippen molar-refractivity contribution in [1.82, 2.24) is 4.98 Å². The second kappa shape index (κ2) is 10.7. The average molecular weight is 450 g/mol. The smallest absolute Gasteiger partial charge is 0.248 e. The summed E-state index contributed by atoms with van der Waals surface area (Å²) in [5.41, 5.74) is 3.48. The van der Waals surface area contributed by atoms with E-state index in [1.54, 1.807) is 39.5 Å². The van der Waals surface area contributed by atoms with E-state index in [4.69, 9.17) is 19.2 Å². The lowest BCUT2D eigenvalue weighted by molar-refractivity contribution is -0.111. The molecule has 0 saturated carbocycles. The van der Waals surface area contributed by atoms with Crippen molar-refractivity contribution in [3.63, 3.8) is 0 Å². The summed E-state index contributed by atoms with van der Waals surface area (Å²) in [5, 5.41) is 3.93. The summed E-state index contributed by atoms with van der Waals surface area (Å²) in [5.74, 6) is 2.28. The van der Waals surface area contributed by atoms with Gasteiger partial charge in [-0.15, -0.1) is 0 Å². The molecular formula is C26H31N3O4. The predicted octanol–water partition coefficient (Wildman–Crippen LogP) is 5.07. The first-order chi connectivity index (χ1) is 15.9. The van der Waals surface area contributed by atoms with Crippen LogP contribution in [0.4, 0.5) is 11.5 Å². The number of benzene rings is 2. The molecule has 0 fully saturated rings. The number of ether oxygens (including phenoxy) is 3. The fourth-order valence-electron chi connectivity index (χ4n) is 3.72. The van der Waals surface area contributed by atoms with Gasteiger partial charge in [-0.1, -0.05) is 0 Å². The van der Waals surface area contributed by atoms with Crippen LogP contribution < -0.4 is 24.4 Å². The molecule has 7 nitrogen and oxygen atoms in total. The third kappa shape index (κ3) is 5.37. The molecule has 33 heavy (non-hydrogen) atoms. The van der Waals surface area contributed by atoms with Gasteiger partial charge in [0, 0.05) is 30.2 Å². The van der Waals surface area contributed by atoms with Crippen molar-refractivity contribution in [3.05, 3.63) is 53.6 Å². The number of fused-ring (bicyclic) bond motifs is 1. The molecule has 1 N–H and O–H groups in total.